The highest BCUT2D eigenvalue weighted by molar-refractivity contribution is 7.79. The van der Waals surface area contributed by atoms with Gasteiger partial charge < -0.3 is 35.6 Å². The van der Waals surface area contributed by atoms with Crippen molar-refractivity contribution in [2.45, 2.75) is 35.9 Å². The van der Waals surface area contributed by atoms with Gasteiger partial charge in [-0.2, -0.15) is 25.3 Å². The Morgan fingerprint density at radius 1 is 0.962 bits per heavy atom. The van der Waals surface area contributed by atoms with Gasteiger partial charge in [0.05, 0.1) is 12.7 Å². The van der Waals surface area contributed by atoms with Crippen molar-refractivity contribution in [2.24, 2.45) is 0 Å². The van der Waals surface area contributed by atoms with E-state index in [0.29, 0.717) is 30.4 Å². The maximum atomic E-state index is 9.75. The predicted molar refractivity (Wildman–Crippen MR) is 109 cm³/mol. The van der Waals surface area contributed by atoms with Crippen LogP contribution in [0.2, 0.25) is 0 Å². The van der Waals surface area contributed by atoms with E-state index in [1.807, 2.05) is 18.2 Å². The molecule has 0 aliphatic heterocycles. The molecule has 10 heteroatoms. The van der Waals surface area contributed by atoms with Gasteiger partial charge in [-0.15, -0.1) is 12.4 Å². The van der Waals surface area contributed by atoms with Crippen molar-refractivity contribution < 1.29 is 30.3 Å². The molecule has 0 fully saturated rings. The van der Waals surface area contributed by atoms with E-state index >= 15 is 0 Å². The molecular weight excluding hydrogens is 402 g/mol. The minimum Gasteiger partial charge on any atom is -0.492 e. The van der Waals surface area contributed by atoms with Crippen LogP contribution in [0.1, 0.15) is 11.1 Å². The second-order valence-corrected chi connectivity index (χ2v) is 6.23. The Bertz CT molecular complexity index is 514. The highest BCUT2D eigenvalue weighted by Crippen LogP contribution is 2.20. The molecule has 0 aromatic heterocycles. The number of benzene rings is 1. The van der Waals surface area contributed by atoms with Gasteiger partial charge in [-0.3, -0.25) is 0 Å². The van der Waals surface area contributed by atoms with Crippen molar-refractivity contribution in [2.75, 3.05) is 26.3 Å². The molecule has 0 aliphatic rings. The average molecular weight is 430 g/mol. The van der Waals surface area contributed by atoms with Crippen LogP contribution in [0, 0.1) is 0 Å². The van der Waals surface area contributed by atoms with Crippen molar-refractivity contribution in [3.05, 3.63) is 29.3 Å². The first-order valence-corrected chi connectivity index (χ1v) is 9.21. The molecule has 1 aromatic rings. The molecule has 0 unspecified atom stereocenters. The van der Waals surface area contributed by atoms with Crippen LogP contribution in [0.15, 0.2) is 18.2 Å². The summed E-state index contributed by atoms with van der Waals surface area (Å²) < 4.78 is 5.61. The Kier molecular flexibility index (Phi) is 13.7. The molecule has 0 spiro atoms. The fourth-order valence-corrected chi connectivity index (χ4v) is 2.77. The molecule has 0 saturated heterocycles. The van der Waals surface area contributed by atoms with E-state index in [2.05, 4.69) is 30.6 Å². The van der Waals surface area contributed by atoms with E-state index in [0.717, 1.165) is 11.1 Å². The maximum Gasteiger partial charge on any atom is 0.119 e. The van der Waals surface area contributed by atoms with Crippen LogP contribution in [0.25, 0.3) is 0 Å². The van der Waals surface area contributed by atoms with Gasteiger partial charge in [0, 0.05) is 24.6 Å². The standard InChI is InChI=1S/C16H27NO6S2.ClH/c18-7-14(20)16(22)15(21)13(19)6-17-3-4-23-12-2-1-10(8-24)11(5-12)9-25;/h1-2,5,13-22,24-25H,3-4,6-9H2;1H/t13-,14+,15+,16+;/m0./s1. The van der Waals surface area contributed by atoms with Crippen molar-refractivity contribution in [3.63, 3.8) is 0 Å². The zero-order valence-electron chi connectivity index (χ0n) is 14.2. The fraction of sp³-hybridized carbons (Fsp3) is 0.625. The van der Waals surface area contributed by atoms with Crippen LogP contribution in [0.3, 0.4) is 0 Å². The van der Waals surface area contributed by atoms with Gasteiger partial charge >= 0.3 is 0 Å². The number of aliphatic hydroxyl groups excluding tert-OH is 5. The molecule has 1 aromatic carbocycles. The fourth-order valence-electron chi connectivity index (χ4n) is 2.17. The SMILES string of the molecule is Cl.OC[C@@H](O)[C@@H](O)[C@H](O)[C@@H](O)CNCCOc1ccc(CS)c(CS)c1. The minimum absolute atomic E-state index is 0. The lowest BCUT2D eigenvalue weighted by atomic mass is 10.0. The first kappa shape index (κ1) is 25.8. The molecule has 4 atom stereocenters. The van der Waals surface area contributed by atoms with Gasteiger partial charge in [-0.1, -0.05) is 6.07 Å². The normalized spacial score (nSPS) is 15.7. The summed E-state index contributed by atoms with van der Waals surface area (Å²) in [5.41, 5.74) is 2.16. The summed E-state index contributed by atoms with van der Waals surface area (Å²) in [5, 5.41) is 49.8. The summed E-state index contributed by atoms with van der Waals surface area (Å²) >= 11 is 8.54. The monoisotopic (exact) mass is 429 g/mol. The summed E-state index contributed by atoms with van der Waals surface area (Å²) in [7, 11) is 0. The van der Waals surface area contributed by atoms with Crippen molar-refractivity contribution in [3.8, 4) is 5.75 Å². The van der Waals surface area contributed by atoms with Gasteiger partial charge in [0.25, 0.3) is 0 Å². The number of halogens is 1. The van der Waals surface area contributed by atoms with Crippen LogP contribution in [-0.4, -0.2) is 76.3 Å². The average Bonchev–Trinajstić information content (AvgIpc) is 2.65. The second kappa shape index (κ2) is 13.9. The highest BCUT2D eigenvalue weighted by atomic mass is 35.5. The van der Waals surface area contributed by atoms with Gasteiger partial charge in [0.1, 0.15) is 30.7 Å². The summed E-state index contributed by atoms with van der Waals surface area (Å²) in [6.07, 6.45) is -5.98. The van der Waals surface area contributed by atoms with E-state index in [9.17, 15) is 20.4 Å². The Morgan fingerprint density at radius 3 is 2.15 bits per heavy atom. The number of aliphatic hydroxyl groups is 5. The minimum atomic E-state index is -1.62. The third-order valence-corrected chi connectivity index (χ3v) is 4.43. The van der Waals surface area contributed by atoms with Crippen molar-refractivity contribution in [1.29, 1.82) is 0 Å². The summed E-state index contributed by atoms with van der Waals surface area (Å²) in [6, 6.07) is 5.70. The maximum absolute atomic E-state index is 9.75. The molecule has 0 amide bonds. The Balaban J connectivity index is 0.00000625. The topological polar surface area (TPSA) is 122 Å². The second-order valence-electron chi connectivity index (χ2n) is 5.60. The largest absolute Gasteiger partial charge is 0.492 e. The van der Waals surface area contributed by atoms with Crippen LogP contribution < -0.4 is 10.1 Å². The Morgan fingerprint density at radius 2 is 1.58 bits per heavy atom. The number of hydrogen-bond donors (Lipinski definition) is 8. The molecule has 0 radical (unpaired) electrons. The van der Waals surface area contributed by atoms with Crippen LogP contribution >= 0.6 is 37.7 Å². The molecule has 0 bridgehead atoms. The van der Waals surface area contributed by atoms with E-state index < -0.39 is 31.0 Å². The van der Waals surface area contributed by atoms with Gasteiger partial charge in [-0.05, 0) is 23.3 Å². The van der Waals surface area contributed by atoms with E-state index in [4.69, 9.17) is 9.84 Å². The molecule has 26 heavy (non-hydrogen) atoms. The lowest BCUT2D eigenvalue weighted by Crippen LogP contribution is -2.49. The van der Waals surface area contributed by atoms with Crippen LogP contribution in [0.5, 0.6) is 5.75 Å². The number of ether oxygens (including phenoxy) is 1. The van der Waals surface area contributed by atoms with Crippen LogP contribution in [-0.2, 0) is 11.5 Å². The molecule has 0 aliphatic carbocycles. The number of rotatable bonds is 12. The highest BCUT2D eigenvalue weighted by Gasteiger charge is 2.29. The number of hydrogen-bond acceptors (Lipinski definition) is 9. The summed E-state index contributed by atoms with van der Waals surface area (Å²) in [6.45, 7) is 0.0521. The summed E-state index contributed by atoms with van der Waals surface area (Å²) in [4.78, 5) is 0. The zero-order valence-corrected chi connectivity index (χ0v) is 16.8. The molecule has 1 rings (SSSR count). The molecule has 6 N–H and O–H groups in total. The third-order valence-electron chi connectivity index (χ3n) is 3.74. The third kappa shape index (κ3) is 8.20. The van der Waals surface area contributed by atoms with Gasteiger partial charge in [0.2, 0.25) is 0 Å². The molecular formula is C16H28ClNO6S2. The molecule has 7 nitrogen and oxygen atoms in total. The Hall–Kier alpha value is -0.230. The lowest BCUT2D eigenvalue weighted by molar-refractivity contribution is -0.114. The first-order valence-electron chi connectivity index (χ1n) is 7.94. The molecule has 0 saturated carbocycles. The number of thiol groups is 2. The first-order chi connectivity index (χ1) is 11.9. The van der Waals surface area contributed by atoms with Gasteiger partial charge in [-0.25, -0.2) is 0 Å². The molecule has 0 heterocycles. The van der Waals surface area contributed by atoms with Gasteiger partial charge in [0.15, 0.2) is 0 Å². The van der Waals surface area contributed by atoms with Crippen molar-refractivity contribution in [1.82, 2.24) is 5.32 Å². The van der Waals surface area contributed by atoms with E-state index in [1.165, 1.54) is 0 Å². The van der Waals surface area contributed by atoms with E-state index in [-0.39, 0.29) is 19.0 Å². The summed E-state index contributed by atoms with van der Waals surface area (Å²) in [5.74, 6) is 1.94. The smallest absolute Gasteiger partial charge is 0.119 e. The predicted octanol–water partition coefficient (Wildman–Crippen LogP) is -0.628. The Labute approximate surface area is 170 Å². The molecule has 152 valence electrons. The quantitative estimate of drug-likeness (QED) is 0.164. The van der Waals surface area contributed by atoms with Crippen LogP contribution in [0.4, 0.5) is 0 Å². The number of nitrogens with one attached hydrogen (secondary N) is 1. The van der Waals surface area contributed by atoms with Crippen molar-refractivity contribution >= 4 is 37.7 Å². The lowest BCUT2D eigenvalue weighted by Gasteiger charge is -2.25. The van der Waals surface area contributed by atoms with E-state index in [1.54, 1.807) is 0 Å². The zero-order chi connectivity index (χ0) is 18.8.